The van der Waals surface area contributed by atoms with E-state index in [1.54, 1.807) is 37.3 Å². The van der Waals surface area contributed by atoms with Gasteiger partial charge in [0.15, 0.2) is 5.13 Å². The molecule has 2 aromatic carbocycles. The summed E-state index contributed by atoms with van der Waals surface area (Å²) in [6.07, 6.45) is 0.127. The molecule has 1 unspecified atom stereocenters. The molecule has 8 heteroatoms. The van der Waals surface area contributed by atoms with Crippen LogP contribution in [0.15, 0.2) is 48.5 Å². The van der Waals surface area contributed by atoms with Gasteiger partial charge in [-0.15, -0.1) is 0 Å². The molecule has 1 aromatic heterocycles. The maximum absolute atomic E-state index is 12.9. The molecule has 4 rings (SSSR count). The molecular weight excluding hydrogens is 414 g/mol. The van der Waals surface area contributed by atoms with Crippen molar-refractivity contribution in [1.82, 2.24) is 4.98 Å². The van der Waals surface area contributed by atoms with Crippen LogP contribution in [0.25, 0.3) is 10.4 Å². The van der Waals surface area contributed by atoms with Gasteiger partial charge < -0.3 is 19.7 Å². The number of nitrogens with one attached hydrogen (secondary N) is 1. The summed E-state index contributed by atoms with van der Waals surface area (Å²) in [7, 11) is 3.11. The number of anilines is 2. The van der Waals surface area contributed by atoms with E-state index in [1.165, 1.54) is 11.3 Å². The number of amides is 2. The molecule has 0 bridgehead atoms. The molecule has 1 N–H and O–H groups in total. The van der Waals surface area contributed by atoms with Crippen LogP contribution in [0.3, 0.4) is 0 Å². The molecule has 2 amide bonds. The molecule has 0 aliphatic carbocycles. The van der Waals surface area contributed by atoms with Crippen molar-refractivity contribution < 1.29 is 19.1 Å². The van der Waals surface area contributed by atoms with Crippen LogP contribution in [0, 0.1) is 12.8 Å². The second kappa shape index (κ2) is 8.77. The van der Waals surface area contributed by atoms with Crippen molar-refractivity contribution in [3.05, 3.63) is 54.2 Å². The number of carbonyl (C=O) groups is 2. The summed E-state index contributed by atoms with van der Waals surface area (Å²) in [6, 6.07) is 15.2. The van der Waals surface area contributed by atoms with Crippen LogP contribution in [0.4, 0.5) is 10.8 Å². The topological polar surface area (TPSA) is 80.8 Å². The van der Waals surface area contributed by atoms with Gasteiger partial charge in [-0.2, -0.15) is 0 Å². The van der Waals surface area contributed by atoms with Gasteiger partial charge in [0.05, 0.1) is 36.4 Å². The lowest BCUT2D eigenvalue weighted by atomic mass is 10.1. The zero-order valence-electron chi connectivity index (χ0n) is 17.5. The van der Waals surface area contributed by atoms with Crippen molar-refractivity contribution in [3.8, 4) is 21.9 Å². The number of hydrogen-bond acceptors (Lipinski definition) is 6. The lowest BCUT2D eigenvalue weighted by Gasteiger charge is -2.20. The number of aromatic nitrogens is 1. The zero-order valence-corrected chi connectivity index (χ0v) is 18.4. The molecule has 1 aliphatic rings. The first-order valence-corrected chi connectivity index (χ1v) is 10.7. The van der Waals surface area contributed by atoms with Crippen LogP contribution < -0.4 is 19.7 Å². The van der Waals surface area contributed by atoms with Crippen LogP contribution in [0.2, 0.25) is 0 Å². The maximum atomic E-state index is 12.9. The molecule has 7 nitrogen and oxygen atoms in total. The maximum Gasteiger partial charge on any atom is 0.231 e. The quantitative estimate of drug-likeness (QED) is 0.627. The third-order valence-corrected chi connectivity index (χ3v) is 6.36. The number of nitrogens with zero attached hydrogens (tertiary/aromatic N) is 2. The van der Waals surface area contributed by atoms with Crippen molar-refractivity contribution in [2.24, 2.45) is 5.92 Å². The number of methoxy groups -OCH3 is 2. The van der Waals surface area contributed by atoms with Crippen molar-refractivity contribution in [3.63, 3.8) is 0 Å². The zero-order chi connectivity index (χ0) is 22.0. The first kappa shape index (κ1) is 20.9. The first-order chi connectivity index (χ1) is 15.0. The van der Waals surface area contributed by atoms with Gasteiger partial charge in [-0.25, -0.2) is 4.98 Å². The van der Waals surface area contributed by atoms with Crippen LogP contribution in [-0.4, -0.2) is 37.6 Å². The molecular formula is C23H23N3O4S. The third-order valence-electron chi connectivity index (χ3n) is 5.24. The van der Waals surface area contributed by atoms with Crippen molar-refractivity contribution in [2.75, 3.05) is 31.0 Å². The molecule has 1 fully saturated rings. The normalized spacial score (nSPS) is 15.8. The summed E-state index contributed by atoms with van der Waals surface area (Å²) in [5.41, 5.74) is 2.51. The summed E-state index contributed by atoms with van der Waals surface area (Å²) in [5.74, 6) is 0.340. The molecule has 1 aliphatic heterocycles. The van der Waals surface area contributed by atoms with E-state index in [0.717, 1.165) is 16.1 Å². The van der Waals surface area contributed by atoms with Gasteiger partial charge in [0.2, 0.25) is 11.8 Å². The van der Waals surface area contributed by atoms with Gasteiger partial charge in [0.1, 0.15) is 11.5 Å². The summed E-state index contributed by atoms with van der Waals surface area (Å²) in [5, 5.41) is 3.43. The number of benzene rings is 2. The Balaban J connectivity index is 1.50. The minimum atomic E-state index is -0.479. The lowest BCUT2D eigenvalue weighted by Crippen LogP contribution is -2.28. The summed E-state index contributed by atoms with van der Waals surface area (Å²) < 4.78 is 10.7. The van der Waals surface area contributed by atoms with E-state index in [1.807, 2.05) is 37.3 Å². The van der Waals surface area contributed by atoms with Crippen molar-refractivity contribution in [1.29, 1.82) is 0 Å². The summed E-state index contributed by atoms with van der Waals surface area (Å²) >= 11 is 1.43. The number of thiazole rings is 1. The number of rotatable bonds is 6. The molecule has 3 aromatic rings. The standard InChI is InChI=1S/C23H23N3O4S/c1-14-21(15-7-5-4-6-8-15)31-23(24-14)25-22(28)16-11-20(27)26(13-16)18-12-17(29-2)9-10-19(18)30-3/h4-10,12,16H,11,13H2,1-3H3,(H,24,25,28). The highest BCUT2D eigenvalue weighted by atomic mass is 32.1. The van der Waals surface area contributed by atoms with Crippen LogP contribution in [0.1, 0.15) is 12.1 Å². The Morgan fingerprint density at radius 1 is 1.16 bits per heavy atom. The average molecular weight is 438 g/mol. The fraction of sp³-hybridized carbons (Fsp3) is 0.261. The Kier molecular flexibility index (Phi) is 5.90. The predicted molar refractivity (Wildman–Crippen MR) is 121 cm³/mol. The molecule has 1 atom stereocenters. The van der Waals surface area contributed by atoms with Crippen LogP contribution in [-0.2, 0) is 9.59 Å². The highest BCUT2D eigenvalue weighted by Crippen LogP contribution is 2.37. The highest BCUT2D eigenvalue weighted by molar-refractivity contribution is 7.19. The molecule has 160 valence electrons. The van der Waals surface area contributed by atoms with Gasteiger partial charge in [0.25, 0.3) is 0 Å². The van der Waals surface area contributed by atoms with E-state index in [-0.39, 0.29) is 24.8 Å². The number of aryl methyl sites for hydroxylation is 1. The third kappa shape index (κ3) is 4.25. The van der Waals surface area contributed by atoms with E-state index in [2.05, 4.69) is 10.3 Å². The molecule has 0 saturated carbocycles. The minimum Gasteiger partial charge on any atom is -0.497 e. The van der Waals surface area contributed by atoms with E-state index in [9.17, 15) is 9.59 Å². The Morgan fingerprint density at radius 2 is 1.94 bits per heavy atom. The Bertz CT molecular complexity index is 1110. The second-order valence-corrected chi connectivity index (χ2v) is 8.23. The van der Waals surface area contributed by atoms with Gasteiger partial charge >= 0.3 is 0 Å². The lowest BCUT2D eigenvalue weighted by molar-refractivity contribution is -0.122. The molecule has 0 spiro atoms. The minimum absolute atomic E-state index is 0.127. The smallest absolute Gasteiger partial charge is 0.231 e. The van der Waals surface area contributed by atoms with Gasteiger partial charge in [0, 0.05) is 19.0 Å². The molecule has 2 heterocycles. The molecule has 31 heavy (non-hydrogen) atoms. The molecule has 1 saturated heterocycles. The number of carbonyl (C=O) groups excluding carboxylic acids is 2. The highest BCUT2D eigenvalue weighted by Gasteiger charge is 2.37. The van der Waals surface area contributed by atoms with E-state index in [0.29, 0.717) is 22.3 Å². The SMILES string of the molecule is COc1ccc(OC)c(N2CC(C(=O)Nc3nc(C)c(-c4ccccc4)s3)CC2=O)c1. The summed E-state index contributed by atoms with van der Waals surface area (Å²) in [4.78, 5) is 32.7. The number of hydrogen-bond donors (Lipinski definition) is 1. The largest absolute Gasteiger partial charge is 0.497 e. The number of ether oxygens (including phenoxy) is 2. The van der Waals surface area contributed by atoms with Gasteiger partial charge in [-0.05, 0) is 24.6 Å². The Morgan fingerprint density at radius 3 is 2.65 bits per heavy atom. The van der Waals surface area contributed by atoms with E-state index < -0.39 is 5.92 Å². The van der Waals surface area contributed by atoms with E-state index in [4.69, 9.17) is 9.47 Å². The fourth-order valence-corrected chi connectivity index (χ4v) is 4.61. The van der Waals surface area contributed by atoms with Crippen molar-refractivity contribution in [2.45, 2.75) is 13.3 Å². The second-order valence-electron chi connectivity index (χ2n) is 7.23. The predicted octanol–water partition coefficient (Wildman–Crippen LogP) is 4.13. The Hall–Kier alpha value is -3.39. The van der Waals surface area contributed by atoms with Crippen LogP contribution in [0.5, 0.6) is 11.5 Å². The summed E-state index contributed by atoms with van der Waals surface area (Å²) in [6.45, 7) is 2.19. The van der Waals surface area contributed by atoms with Crippen LogP contribution >= 0.6 is 11.3 Å². The molecule has 0 radical (unpaired) electrons. The fourth-order valence-electron chi connectivity index (χ4n) is 3.64. The van der Waals surface area contributed by atoms with Gasteiger partial charge in [-0.1, -0.05) is 41.7 Å². The monoisotopic (exact) mass is 437 g/mol. The van der Waals surface area contributed by atoms with Crippen molar-refractivity contribution >= 4 is 34.0 Å². The first-order valence-electron chi connectivity index (χ1n) is 9.86. The average Bonchev–Trinajstić information content (AvgIpc) is 3.36. The Labute approximate surface area is 184 Å². The van der Waals surface area contributed by atoms with Gasteiger partial charge in [-0.3, -0.25) is 9.59 Å². The van der Waals surface area contributed by atoms with E-state index >= 15 is 0 Å².